The Balaban J connectivity index is 1.58. The van der Waals surface area contributed by atoms with Crippen molar-refractivity contribution in [2.24, 2.45) is 11.3 Å². The van der Waals surface area contributed by atoms with E-state index >= 15 is 0 Å². The van der Waals surface area contributed by atoms with Crippen molar-refractivity contribution < 1.29 is 14.3 Å². The van der Waals surface area contributed by atoms with E-state index in [1.807, 2.05) is 17.5 Å². The van der Waals surface area contributed by atoms with Crippen LogP contribution in [0, 0.1) is 22.7 Å². The molecule has 0 spiro atoms. The molecule has 0 aromatic carbocycles. The molecule has 1 amide bonds. The number of nitrogens with two attached hydrogens (primary N) is 2. The molecule has 38 heavy (non-hydrogen) atoms. The van der Waals surface area contributed by atoms with Gasteiger partial charge in [-0.2, -0.15) is 5.26 Å². The molecule has 4 aromatic heterocycles. The number of rotatable bonds is 4. The number of fused-ring (bicyclic) bond motifs is 2. The smallest absolute Gasteiger partial charge is 0.341 e. The fourth-order valence-corrected chi connectivity index (χ4v) is 8.11. The zero-order valence-electron chi connectivity index (χ0n) is 21.4. The van der Waals surface area contributed by atoms with Crippen molar-refractivity contribution >= 4 is 72.6 Å². The van der Waals surface area contributed by atoms with Crippen LogP contribution in [-0.4, -0.2) is 24.0 Å². The van der Waals surface area contributed by atoms with Gasteiger partial charge in [0, 0.05) is 20.7 Å². The minimum Gasteiger partial charge on any atom is -0.465 e. The molecule has 0 radical (unpaired) electrons. The van der Waals surface area contributed by atoms with Gasteiger partial charge in [0.15, 0.2) is 0 Å². The summed E-state index contributed by atoms with van der Waals surface area (Å²) in [6, 6.07) is 5.88. The highest BCUT2D eigenvalue weighted by Gasteiger charge is 2.35. The van der Waals surface area contributed by atoms with Crippen LogP contribution in [0.2, 0.25) is 0 Å². The molecule has 1 atom stereocenters. The lowest BCUT2D eigenvalue weighted by Gasteiger charge is -2.33. The van der Waals surface area contributed by atoms with Crippen LogP contribution in [0.25, 0.3) is 20.7 Å². The number of nitrogen functional groups attached to an aromatic ring is 2. The third-order valence-electron chi connectivity index (χ3n) is 7.10. The fourth-order valence-electron chi connectivity index (χ4n) is 5.01. The molecule has 5 N–H and O–H groups in total. The van der Waals surface area contributed by atoms with Gasteiger partial charge in [-0.1, -0.05) is 26.8 Å². The van der Waals surface area contributed by atoms with E-state index in [-0.39, 0.29) is 27.4 Å². The van der Waals surface area contributed by atoms with Gasteiger partial charge in [0.1, 0.15) is 32.2 Å². The van der Waals surface area contributed by atoms with E-state index in [1.54, 1.807) is 0 Å². The van der Waals surface area contributed by atoms with Crippen LogP contribution in [0.5, 0.6) is 0 Å². The third kappa shape index (κ3) is 4.32. The topological polar surface area (TPSA) is 144 Å². The number of nitriles is 1. The zero-order chi connectivity index (χ0) is 27.4. The summed E-state index contributed by atoms with van der Waals surface area (Å²) in [4.78, 5) is 33.4. The van der Waals surface area contributed by atoms with Crippen LogP contribution in [0.4, 0.5) is 16.5 Å². The summed E-state index contributed by atoms with van der Waals surface area (Å²) >= 11 is 3.98. The Hall–Kier alpha value is -3.46. The number of nitrogens with one attached hydrogen (secondary N) is 1. The van der Waals surface area contributed by atoms with Gasteiger partial charge in [0.25, 0.3) is 5.91 Å². The Labute approximate surface area is 232 Å². The third-order valence-corrected chi connectivity index (χ3v) is 10.3. The van der Waals surface area contributed by atoms with Gasteiger partial charge in [-0.3, -0.25) is 4.79 Å². The maximum Gasteiger partial charge on any atom is 0.341 e. The zero-order valence-corrected chi connectivity index (χ0v) is 23.9. The Kier molecular flexibility index (Phi) is 6.67. The van der Waals surface area contributed by atoms with E-state index in [9.17, 15) is 14.9 Å². The molecule has 0 saturated carbocycles. The van der Waals surface area contributed by atoms with Crippen LogP contribution in [0.1, 0.15) is 63.2 Å². The predicted molar refractivity (Wildman–Crippen MR) is 155 cm³/mol. The second-order valence-corrected chi connectivity index (χ2v) is 13.4. The summed E-state index contributed by atoms with van der Waals surface area (Å²) < 4.78 is 5.09. The monoisotopic (exact) mass is 565 g/mol. The van der Waals surface area contributed by atoms with Gasteiger partial charge < -0.3 is 21.5 Å². The second kappa shape index (κ2) is 9.69. The number of methoxy groups -OCH3 is 1. The summed E-state index contributed by atoms with van der Waals surface area (Å²) in [6.45, 7) is 6.69. The lowest BCUT2D eigenvalue weighted by molar-refractivity contribution is 0.0600. The molecular formula is C27H27N5O3S3. The van der Waals surface area contributed by atoms with Crippen molar-refractivity contribution in [1.82, 2.24) is 4.98 Å². The summed E-state index contributed by atoms with van der Waals surface area (Å²) in [5.74, 6) is -0.355. The number of hydrogen-bond acceptors (Lipinski definition) is 10. The molecule has 0 fully saturated rings. The van der Waals surface area contributed by atoms with Crippen LogP contribution in [0.15, 0.2) is 17.5 Å². The Morgan fingerprint density at radius 2 is 2.03 bits per heavy atom. The van der Waals surface area contributed by atoms with Crippen LogP contribution < -0.4 is 16.8 Å². The summed E-state index contributed by atoms with van der Waals surface area (Å²) in [5, 5.41) is 15.6. The quantitative estimate of drug-likeness (QED) is 0.246. The molecule has 8 nitrogen and oxygen atoms in total. The lowest BCUT2D eigenvalue weighted by Crippen LogP contribution is -2.26. The molecule has 4 aromatic rings. The maximum absolute atomic E-state index is 13.6. The fraction of sp³-hybridized carbons (Fsp3) is 0.333. The Bertz CT molecular complexity index is 1620. The first kappa shape index (κ1) is 26.2. The molecule has 0 aliphatic heterocycles. The van der Waals surface area contributed by atoms with Crippen molar-refractivity contribution in [3.05, 3.63) is 44.0 Å². The van der Waals surface area contributed by atoms with Crippen molar-refractivity contribution in [3.63, 3.8) is 0 Å². The van der Waals surface area contributed by atoms with Gasteiger partial charge in [-0.15, -0.1) is 34.0 Å². The van der Waals surface area contributed by atoms with Crippen molar-refractivity contribution in [3.8, 4) is 16.5 Å². The number of nitrogens with zero attached hydrogens (tertiary/aromatic N) is 2. The number of esters is 1. The molecule has 1 aliphatic rings. The molecule has 196 valence electrons. The Morgan fingerprint density at radius 1 is 1.26 bits per heavy atom. The van der Waals surface area contributed by atoms with E-state index in [4.69, 9.17) is 16.2 Å². The first-order chi connectivity index (χ1) is 18.0. The minimum atomic E-state index is -0.468. The standard InChI is InChI=1S/C27H27N5O3S3/c1-27(2,3)12-7-8-13-16(10-12)37-24(18(13)26(34)35-4)32-23(33)21-20(29)19-17(15-6-5-9-36-15)14(11-28)22(30)31-25(19)38-21/h5-6,9,12H,7-8,10,29H2,1-4H3,(H2,30,31)(H,32,33). The largest absolute Gasteiger partial charge is 0.465 e. The number of hydrogen-bond donors (Lipinski definition) is 3. The van der Waals surface area contributed by atoms with Crippen molar-refractivity contribution in [1.29, 1.82) is 5.26 Å². The molecule has 1 aliphatic carbocycles. The van der Waals surface area contributed by atoms with Gasteiger partial charge in [0.05, 0.1) is 18.4 Å². The summed E-state index contributed by atoms with van der Waals surface area (Å²) in [7, 11) is 1.34. The lowest BCUT2D eigenvalue weighted by atomic mass is 9.72. The van der Waals surface area contributed by atoms with Crippen LogP contribution >= 0.6 is 34.0 Å². The average Bonchev–Trinajstić information content (AvgIpc) is 3.59. The van der Waals surface area contributed by atoms with Gasteiger partial charge >= 0.3 is 5.97 Å². The predicted octanol–water partition coefficient (Wildman–Crippen LogP) is 6.31. The van der Waals surface area contributed by atoms with E-state index < -0.39 is 11.9 Å². The highest BCUT2D eigenvalue weighted by molar-refractivity contribution is 7.22. The van der Waals surface area contributed by atoms with Gasteiger partial charge in [-0.25, -0.2) is 9.78 Å². The van der Waals surface area contributed by atoms with E-state index in [0.717, 1.165) is 45.9 Å². The number of thiophene rings is 3. The normalized spacial score (nSPS) is 15.2. The number of amides is 1. The summed E-state index contributed by atoms with van der Waals surface area (Å²) in [6.07, 6.45) is 2.57. The van der Waals surface area contributed by atoms with E-state index in [1.165, 1.54) is 29.8 Å². The number of ether oxygens (including phenoxy) is 1. The highest BCUT2D eigenvalue weighted by atomic mass is 32.1. The van der Waals surface area contributed by atoms with Crippen LogP contribution in [-0.2, 0) is 17.6 Å². The van der Waals surface area contributed by atoms with Gasteiger partial charge in [-0.05, 0) is 47.6 Å². The molecule has 0 bridgehead atoms. The number of aromatic nitrogens is 1. The number of carbonyl (C=O) groups excluding carboxylic acids is 2. The van der Waals surface area contributed by atoms with E-state index in [0.29, 0.717) is 32.3 Å². The molecule has 4 heterocycles. The van der Waals surface area contributed by atoms with E-state index in [2.05, 4.69) is 37.1 Å². The molecule has 11 heteroatoms. The van der Waals surface area contributed by atoms with Crippen molar-refractivity contribution in [2.75, 3.05) is 23.9 Å². The molecule has 0 saturated heterocycles. The minimum absolute atomic E-state index is 0.0870. The molecular weight excluding hydrogens is 539 g/mol. The number of anilines is 3. The Morgan fingerprint density at radius 3 is 2.66 bits per heavy atom. The number of carbonyl (C=O) groups is 2. The van der Waals surface area contributed by atoms with Gasteiger partial charge in [0.2, 0.25) is 0 Å². The van der Waals surface area contributed by atoms with Crippen LogP contribution in [0.3, 0.4) is 0 Å². The second-order valence-electron chi connectivity index (χ2n) is 10.3. The van der Waals surface area contributed by atoms with Crippen molar-refractivity contribution in [2.45, 2.75) is 40.0 Å². The first-order valence-electron chi connectivity index (χ1n) is 12.0. The summed E-state index contributed by atoms with van der Waals surface area (Å²) in [5.41, 5.74) is 15.2. The average molecular weight is 566 g/mol. The molecule has 5 rings (SSSR count). The SMILES string of the molecule is COC(=O)c1c(NC(=O)c2sc3nc(N)c(C#N)c(-c4cccs4)c3c2N)sc2c1CCC(C(C)(C)C)C2. The first-order valence-corrected chi connectivity index (χ1v) is 14.6. The number of pyridine rings is 1. The highest BCUT2D eigenvalue weighted by Crippen LogP contribution is 2.46. The molecule has 1 unspecified atom stereocenters. The maximum atomic E-state index is 13.6.